The third-order valence-corrected chi connectivity index (χ3v) is 3.48. The van der Waals surface area contributed by atoms with Crippen molar-refractivity contribution in [2.24, 2.45) is 5.73 Å². The van der Waals surface area contributed by atoms with Crippen LogP contribution in [0.25, 0.3) is 0 Å². The maximum absolute atomic E-state index is 12.3. The van der Waals surface area contributed by atoms with Crippen molar-refractivity contribution in [3.63, 3.8) is 0 Å². The van der Waals surface area contributed by atoms with Gasteiger partial charge in [-0.25, -0.2) is 0 Å². The maximum Gasteiger partial charge on any atom is 0.265 e. The summed E-state index contributed by atoms with van der Waals surface area (Å²) in [5.74, 6) is 5.65. The zero-order valence-corrected chi connectivity index (χ0v) is 11.7. The zero-order valence-electron chi connectivity index (χ0n) is 10.9. The number of carbonyl (C=O) groups excluding carboxylic acids is 1. The highest BCUT2D eigenvalue weighted by Crippen LogP contribution is 2.18. The van der Waals surface area contributed by atoms with Crippen LogP contribution in [0.4, 0.5) is 0 Å². The molecule has 0 radical (unpaired) electrons. The van der Waals surface area contributed by atoms with E-state index < -0.39 is 0 Å². The Labute approximate surface area is 112 Å². The Balaban J connectivity index is 2.87. The van der Waals surface area contributed by atoms with E-state index in [0.29, 0.717) is 18.0 Å². The molecule has 0 fully saturated rings. The van der Waals surface area contributed by atoms with Crippen LogP contribution in [0, 0.1) is 11.8 Å². The van der Waals surface area contributed by atoms with Gasteiger partial charge in [0.15, 0.2) is 0 Å². The molecule has 5 heteroatoms. The monoisotopic (exact) mass is 266 g/mol. The summed E-state index contributed by atoms with van der Waals surface area (Å²) in [4.78, 5) is 14.6. The van der Waals surface area contributed by atoms with Gasteiger partial charge in [0, 0.05) is 19.7 Å². The van der Waals surface area contributed by atoms with Crippen molar-refractivity contribution in [3.8, 4) is 11.8 Å². The number of likely N-dealkylation sites (N-methyl/N-ethyl adjacent to an activating group) is 1. The fourth-order valence-electron chi connectivity index (χ4n) is 1.43. The molecule has 0 saturated carbocycles. The average molecular weight is 266 g/mol. The number of nitrogens with two attached hydrogens (primary N) is 1. The lowest BCUT2D eigenvalue weighted by Gasteiger charge is -2.23. The Kier molecular flexibility index (Phi) is 5.86. The molecule has 1 aromatic heterocycles. The quantitative estimate of drug-likeness (QED) is 0.832. The van der Waals surface area contributed by atoms with Crippen LogP contribution in [0.15, 0.2) is 11.4 Å². The number of carbonyl (C=O) groups is 1. The summed E-state index contributed by atoms with van der Waals surface area (Å²) >= 11 is 1.40. The highest BCUT2D eigenvalue weighted by Gasteiger charge is 2.20. The number of nitrogens with zero attached hydrogens (tertiary/aromatic N) is 1. The molecule has 0 aliphatic heterocycles. The molecule has 2 N–H and O–H groups in total. The van der Waals surface area contributed by atoms with Crippen LogP contribution in [0.3, 0.4) is 0 Å². The van der Waals surface area contributed by atoms with Crippen molar-refractivity contribution in [2.75, 3.05) is 27.3 Å². The molecule has 0 saturated heterocycles. The SMILES string of the molecule is COCC(C)N(C)C(=O)c1sccc1C#CCN. The molecule has 0 spiro atoms. The Morgan fingerprint density at radius 3 is 3.00 bits per heavy atom. The molecular formula is C13H18N2O2S. The van der Waals surface area contributed by atoms with Crippen LogP contribution >= 0.6 is 11.3 Å². The van der Waals surface area contributed by atoms with Crippen molar-refractivity contribution in [1.82, 2.24) is 4.90 Å². The lowest BCUT2D eigenvalue weighted by molar-refractivity contribution is 0.0638. The zero-order chi connectivity index (χ0) is 13.5. The molecule has 1 unspecified atom stereocenters. The third kappa shape index (κ3) is 3.57. The largest absolute Gasteiger partial charge is 0.383 e. The van der Waals surface area contributed by atoms with Crippen LogP contribution in [-0.4, -0.2) is 44.2 Å². The molecule has 0 aliphatic carbocycles. The predicted octanol–water partition coefficient (Wildman–Crippen LogP) is 1.17. The van der Waals surface area contributed by atoms with E-state index in [2.05, 4.69) is 11.8 Å². The number of ether oxygens (including phenoxy) is 1. The molecule has 18 heavy (non-hydrogen) atoms. The fraction of sp³-hybridized carbons (Fsp3) is 0.462. The molecule has 0 aliphatic rings. The molecule has 1 rings (SSSR count). The first-order valence-corrected chi connectivity index (χ1v) is 6.52. The first kappa shape index (κ1) is 14.7. The first-order valence-electron chi connectivity index (χ1n) is 5.64. The molecule has 1 aromatic rings. The average Bonchev–Trinajstić information content (AvgIpc) is 2.83. The minimum absolute atomic E-state index is 0.0277. The normalized spacial score (nSPS) is 11.6. The first-order chi connectivity index (χ1) is 8.61. The van der Waals surface area contributed by atoms with E-state index in [0.717, 1.165) is 5.56 Å². The van der Waals surface area contributed by atoms with Crippen molar-refractivity contribution in [1.29, 1.82) is 0 Å². The van der Waals surface area contributed by atoms with E-state index in [9.17, 15) is 4.79 Å². The van der Waals surface area contributed by atoms with Gasteiger partial charge in [-0.15, -0.1) is 11.3 Å². The van der Waals surface area contributed by atoms with Gasteiger partial charge in [0.2, 0.25) is 0 Å². The topological polar surface area (TPSA) is 55.6 Å². The minimum atomic E-state index is -0.0316. The van der Waals surface area contributed by atoms with Crippen LogP contribution < -0.4 is 5.73 Å². The number of methoxy groups -OCH3 is 1. The lowest BCUT2D eigenvalue weighted by atomic mass is 10.2. The smallest absolute Gasteiger partial charge is 0.265 e. The summed E-state index contributed by atoms with van der Waals surface area (Å²) < 4.78 is 5.05. The molecule has 98 valence electrons. The second-order valence-electron chi connectivity index (χ2n) is 3.89. The summed E-state index contributed by atoms with van der Waals surface area (Å²) in [5.41, 5.74) is 6.08. The summed E-state index contributed by atoms with van der Waals surface area (Å²) in [6.07, 6.45) is 0. The Morgan fingerprint density at radius 2 is 2.39 bits per heavy atom. The summed E-state index contributed by atoms with van der Waals surface area (Å²) in [5, 5.41) is 1.86. The second kappa shape index (κ2) is 7.17. The van der Waals surface area contributed by atoms with Crippen LogP contribution in [0.5, 0.6) is 0 Å². The Morgan fingerprint density at radius 1 is 1.67 bits per heavy atom. The van der Waals surface area contributed by atoms with E-state index in [1.165, 1.54) is 11.3 Å². The number of hydrogen-bond acceptors (Lipinski definition) is 4. The highest BCUT2D eigenvalue weighted by atomic mass is 32.1. The second-order valence-corrected chi connectivity index (χ2v) is 4.81. The van der Waals surface area contributed by atoms with E-state index in [1.807, 2.05) is 18.4 Å². The van der Waals surface area contributed by atoms with Gasteiger partial charge in [0.05, 0.1) is 19.2 Å². The number of amides is 1. The summed E-state index contributed by atoms with van der Waals surface area (Å²) in [6, 6.07) is 1.87. The van der Waals surface area contributed by atoms with Gasteiger partial charge >= 0.3 is 0 Å². The van der Waals surface area contributed by atoms with E-state index >= 15 is 0 Å². The van der Waals surface area contributed by atoms with E-state index in [-0.39, 0.29) is 11.9 Å². The standard InChI is InChI=1S/C13H18N2O2S/c1-10(9-17-3)15(2)13(16)12-11(5-4-7-14)6-8-18-12/h6,8,10H,7,9,14H2,1-3H3. The Bertz CT molecular complexity index is 459. The molecular weight excluding hydrogens is 248 g/mol. The van der Waals surface area contributed by atoms with Crippen molar-refractivity contribution in [2.45, 2.75) is 13.0 Å². The van der Waals surface area contributed by atoms with Gasteiger partial charge in [0.1, 0.15) is 4.88 Å². The number of thiophene rings is 1. The van der Waals surface area contributed by atoms with Gasteiger partial charge in [-0.3, -0.25) is 4.79 Å². The Hall–Kier alpha value is -1.35. The van der Waals surface area contributed by atoms with Crippen molar-refractivity contribution >= 4 is 17.2 Å². The minimum Gasteiger partial charge on any atom is -0.383 e. The van der Waals surface area contributed by atoms with Crippen molar-refractivity contribution < 1.29 is 9.53 Å². The highest BCUT2D eigenvalue weighted by molar-refractivity contribution is 7.12. The van der Waals surface area contributed by atoms with Gasteiger partial charge in [-0.1, -0.05) is 11.8 Å². The van der Waals surface area contributed by atoms with Gasteiger partial charge in [-0.05, 0) is 18.4 Å². The van der Waals surface area contributed by atoms with Crippen LogP contribution in [0.2, 0.25) is 0 Å². The number of hydrogen-bond donors (Lipinski definition) is 1. The molecule has 1 amide bonds. The number of rotatable bonds is 4. The van der Waals surface area contributed by atoms with E-state index in [4.69, 9.17) is 10.5 Å². The summed E-state index contributed by atoms with van der Waals surface area (Å²) in [7, 11) is 3.39. The maximum atomic E-state index is 12.3. The summed E-state index contributed by atoms with van der Waals surface area (Å²) in [6.45, 7) is 2.75. The molecule has 0 aromatic carbocycles. The lowest BCUT2D eigenvalue weighted by Crippen LogP contribution is -2.37. The molecule has 0 bridgehead atoms. The third-order valence-electron chi connectivity index (χ3n) is 2.57. The van der Waals surface area contributed by atoms with Gasteiger partial charge in [0.25, 0.3) is 5.91 Å². The van der Waals surface area contributed by atoms with Crippen molar-refractivity contribution in [3.05, 3.63) is 21.9 Å². The predicted molar refractivity (Wildman–Crippen MR) is 73.7 cm³/mol. The molecule has 4 nitrogen and oxygen atoms in total. The van der Waals surface area contributed by atoms with E-state index in [1.54, 1.807) is 19.1 Å². The van der Waals surface area contributed by atoms with Crippen LogP contribution in [0.1, 0.15) is 22.2 Å². The molecule has 1 atom stereocenters. The fourth-order valence-corrected chi connectivity index (χ4v) is 2.26. The molecule has 1 heterocycles. The van der Waals surface area contributed by atoms with Crippen LogP contribution in [-0.2, 0) is 4.74 Å². The van der Waals surface area contributed by atoms with Gasteiger partial charge in [-0.2, -0.15) is 0 Å². The van der Waals surface area contributed by atoms with Gasteiger partial charge < -0.3 is 15.4 Å².